The molecular formula is C14H16N4O2S. The topological polar surface area (TPSA) is 77.7 Å². The number of nitrogens with zero attached hydrogens (tertiary/aromatic N) is 3. The normalized spacial score (nSPS) is 14.1. The van der Waals surface area contributed by atoms with Gasteiger partial charge in [-0.2, -0.15) is 5.26 Å². The Labute approximate surface area is 127 Å². The summed E-state index contributed by atoms with van der Waals surface area (Å²) in [5.41, 5.74) is 2.68. The summed E-state index contributed by atoms with van der Waals surface area (Å²) in [4.78, 5) is 17.8. The third-order valence-corrected chi connectivity index (χ3v) is 3.74. The second-order valence-corrected chi connectivity index (χ2v) is 5.19. The van der Waals surface area contributed by atoms with E-state index in [1.807, 2.05) is 30.6 Å². The van der Waals surface area contributed by atoms with Gasteiger partial charge in [0.05, 0.1) is 18.5 Å². The summed E-state index contributed by atoms with van der Waals surface area (Å²) in [5, 5.41) is 11.7. The number of thioether (sulfide) groups is 1. The van der Waals surface area contributed by atoms with Gasteiger partial charge in [0.25, 0.3) is 0 Å². The van der Waals surface area contributed by atoms with E-state index < -0.39 is 0 Å². The molecule has 1 N–H and O–H groups in total. The van der Waals surface area contributed by atoms with Gasteiger partial charge < -0.3 is 4.74 Å². The molecule has 1 amide bonds. The monoisotopic (exact) mass is 304 g/mol. The number of amidine groups is 1. The first-order chi connectivity index (χ1) is 10.2. The molecule has 0 saturated heterocycles. The van der Waals surface area contributed by atoms with Gasteiger partial charge in [-0.25, -0.2) is 9.79 Å². The van der Waals surface area contributed by atoms with E-state index in [1.54, 1.807) is 4.90 Å². The fourth-order valence-corrected chi connectivity index (χ4v) is 2.59. The Morgan fingerprint density at radius 1 is 1.57 bits per heavy atom. The molecule has 1 aromatic carbocycles. The summed E-state index contributed by atoms with van der Waals surface area (Å²) < 4.78 is 4.80. The Hall–Kier alpha value is -2.20. The van der Waals surface area contributed by atoms with E-state index in [9.17, 15) is 4.79 Å². The Balaban J connectivity index is 2.31. The maximum atomic E-state index is 11.8. The van der Waals surface area contributed by atoms with Crippen LogP contribution in [0.5, 0.6) is 0 Å². The number of anilines is 1. The van der Waals surface area contributed by atoms with Gasteiger partial charge in [0.15, 0.2) is 11.4 Å². The van der Waals surface area contributed by atoms with Crippen LogP contribution in [0.3, 0.4) is 0 Å². The lowest BCUT2D eigenvalue weighted by atomic mass is 10.0. The third-order valence-electron chi connectivity index (χ3n) is 3.16. The minimum Gasteiger partial charge on any atom is -0.452 e. The largest absolute Gasteiger partial charge is 0.452 e. The summed E-state index contributed by atoms with van der Waals surface area (Å²) in [7, 11) is 1.38. The lowest BCUT2D eigenvalue weighted by Gasteiger charge is -2.28. The van der Waals surface area contributed by atoms with Crippen LogP contribution in [0.4, 0.5) is 16.2 Å². The number of carbonyl (C=O) groups excluding carboxylic acids is 1. The predicted molar refractivity (Wildman–Crippen MR) is 83.9 cm³/mol. The van der Waals surface area contributed by atoms with Crippen LogP contribution in [0, 0.1) is 11.5 Å². The molecule has 0 spiro atoms. The molecule has 0 bridgehead atoms. The van der Waals surface area contributed by atoms with Gasteiger partial charge >= 0.3 is 6.09 Å². The highest BCUT2D eigenvalue weighted by molar-refractivity contribution is 8.13. The van der Waals surface area contributed by atoms with Crippen LogP contribution in [0.2, 0.25) is 0 Å². The number of hydrogen-bond acceptors (Lipinski definition) is 5. The van der Waals surface area contributed by atoms with E-state index in [0.717, 1.165) is 29.8 Å². The van der Waals surface area contributed by atoms with Crippen molar-refractivity contribution in [2.24, 2.45) is 4.99 Å². The second kappa shape index (κ2) is 6.99. The molecule has 0 atom stereocenters. The minimum atomic E-state index is -0.344. The summed E-state index contributed by atoms with van der Waals surface area (Å²) in [6.45, 7) is 0.661. The number of fused-ring (bicyclic) bond motifs is 1. The van der Waals surface area contributed by atoms with Crippen molar-refractivity contribution in [3.8, 4) is 6.19 Å². The molecular weight excluding hydrogens is 288 g/mol. The molecule has 2 rings (SSSR count). The van der Waals surface area contributed by atoms with Gasteiger partial charge in [0.2, 0.25) is 0 Å². The molecule has 0 radical (unpaired) electrons. The van der Waals surface area contributed by atoms with Crippen LogP contribution in [0.15, 0.2) is 23.2 Å². The zero-order chi connectivity index (χ0) is 15.2. The van der Waals surface area contributed by atoms with Gasteiger partial charge in [-0.05, 0) is 42.9 Å². The van der Waals surface area contributed by atoms with E-state index in [4.69, 9.17) is 10.00 Å². The average Bonchev–Trinajstić information content (AvgIpc) is 2.52. The minimum absolute atomic E-state index is 0.344. The van der Waals surface area contributed by atoms with Crippen LogP contribution in [0.1, 0.15) is 12.0 Å². The number of nitriles is 1. The molecule has 0 unspecified atom stereocenters. The highest BCUT2D eigenvalue weighted by atomic mass is 32.2. The van der Waals surface area contributed by atoms with Crippen LogP contribution < -0.4 is 10.2 Å². The van der Waals surface area contributed by atoms with Crippen LogP contribution in [-0.2, 0) is 11.2 Å². The fourth-order valence-electron chi connectivity index (χ4n) is 2.24. The standard InChI is InChI=1S/C14H16N4O2S/c1-20-14(19)18-7-3-4-10-8-11(5-6-12(10)18)17-13(21-2)16-9-15/h5-6,8H,3-4,7H2,1-2H3,(H,16,17). The van der Waals surface area contributed by atoms with E-state index in [0.29, 0.717) is 11.7 Å². The number of hydrogen-bond donors (Lipinski definition) is 1. The van der Waals surface area contributed by atoms with Crippen molar-refractivity contribution in [3.05, 3.63) is 23.8 Å². The smallest absolute Gasteiger partial charge is 0.414 e. The van der Waals surface area contributed by atoms with Crippen LogP contribution in [0.25, 0.3) is 0 Å². The van der Waals surface area contributed by atoms with Crippen molar-refractivity contribution in [2.45, 2.75) is 12.8 Å². The molecule has 1 aliphatic heterocycles. The summed E-state index contributed by atoms with van der Waals surface area (Å²) in [5.74, 6) is 0. The number of aliphatic imine (C=N–C) groups is 1. The van der Waals surface area contributed by atoms with E-state index in [1.165, 1.54) is 18.9 Å². The lowest BCUT2D eigenvalue weighted by Crippen LogP contribution is -2.35. The maximum absolute atomic E-state index is 11.8. The van der Waals surface area contributed by atoms with Crippen molar-refractivity contribution in [2.75, 3.05) is 24.8 Å². The lowest BCUT2D eigenvalue weighted by molar-refractivity contribution is 0.178. The first kappa shape index (κ1) is 15.2. The molecule has 6 nitrogen and oxygen atoms in total. The first-order valence-corrected chi connectivity index (χ1v) is 7.68. The molecule has 1 aromatic rings. The zero-order valence-corrected chi connectivity index (χ0v) is 12.7. The Bertz CT molecular complexity index is 609. The Morgan fingerprint density at radius 2 is 2.38 bits per heavy atom. The number of ether oxygens (including phenoxy) is 1. The number of rotatable bonds is 1. The fraction of sp³-hybridized carbons (Fsp3) is 0.357. The zero-order valence-electron chi connectivity index (χ0n) is 11.9. The van der Waals surface area contributed by atoms with Crippen LogP contribution in [-0.4, -0.2) is 31.2 Å². The molecule has 1 aliphatic rings. The van der Waals surface area contributed by atoms with E-state index in [-0.39, 0.29) is 6.09 Å². The summed E-state index contributed by atoms with van der Waals surface area (Å²) >= 11 is 1.37. The highest BCUT2D eigenvalue weighted by Crippen LogP contribution is 2.31. The third kappa shape index (κ3) is 3.47. The van der Waals surface area contributed by atoms with Gasteiger partial charge in [0, 0.05) is 6.54 Å². The summed E-state index contributed by atoms with van der Waals surface area (Å²) in [6, 6.07) is 5.64. The number of benzene rings is 1. The van der Waals surface area contributed by atoms with Crippen molar-refractivity contribution >= 4 is 34.4 Å². The number of amides is 1. The molecule has 21 heavy (non-hydrogen) atoms. The average molecular weight is 304 g/mol. The van der Waals surface area contributed by atoms with Gasteiger partial charge in [-0.15, -0.1) is 0 Å². The molecule has 0 aromatic heterocycles. The van der Waals surface area contributed by atoms with Crippen molar-refractivity contribution in [1.29, 1.82) is 5.26 Å². The number of carbonyl (C=O) groups is 1. The predicted octanol–water partition coefficient (Wildman–Crippen LogP) is 2.63. The maximum Gasteiger partial charge on any atom is 0.414 e. The SMILES string of the molecule is COC(=O)N1CCCc2cc(N=C(NC#N)SC)ccc21. The molecule has 0 saturated carbocycles. The van der Waals surface area contributed by atoms with Crippen molar-refractivity contribution < 1.29 is 9.53 Å². The number of nitrogens with one attached hydrogen (secondary N) is 1. The highest BCUT2D eigenvalue weighted by Gasteiger charge is 2.23. The molecule has 110 valence electrons. The Kier molecular flexibility index (Phi) is 5.06. The quantitative estimate of drug-likeness (QED) is 0.373. The summed E-state index contributed by atoms with van der Waals surface area (Å²) in [6.07, 6.45) is 5.15. The number of aryl methyl sites for hydroxylation is 1. The Morgan fingerprint density at radius 3 is 3.05 bits per heavy atom. The second-order valence-electron chi connectivity index (χ2n) is 4.40. The van der Waals surface area contributed by atoms with Gasteiger partial charge in [-0.1, -0.05) is 11.8 Å². The van der Waals surface area contributed by atoms with Crippen LogP contribution >= 0.6 is 11.8 Å². The first-order valence-electron chi connectivity index (χ1n) is 6.45. The van der Waals surface area contributed by atoms with Gasteiger partial charge in [0.1, 0.15) is 0 Å². The molecule has 1 heterocycles. The molecule has 0 fully saturated rings. The number of methoxy groups -OCH3 is 1. The van der Waals surface area contributed by atoms with E-state index in [2.05, 4.69) is 10.3 Å². The van der Waals surface area contributed by atoms with Gasteiger partial charge in [-0.3, -0.25) is 10.2 Å². The molecule has 7 heteroatoms. The van der Waals surface area contributed by atoms with Crippen molar-refractivity contribution in [3.63, 3.8) is 0 Å². The van der Waals surface area contributed by atoms with Crippen molar-refractivity contribution in [1.82, 2.24) is 5.32 Å². The molecule has 0 aliphatic carbocycles. The van der Waals surface area contributed by atoms with E-state index >= 15 is 0 Å².